The molecule has 2 amide bonds. The topological polar surface area (TPSA) is 52.7 Å². The zero-order valence-electron chi connectivity index (χ0n) is 12.3. The second-order valence-corrected chi connectivity index (χ2v) is 5.42. The summed E-state index contributed by atoms with van der Waals surface area (Å²) in [6, 6.07) is 5.53. The van der Waals surface area contributed by atoms with Gasteiger partial charge in [-0.1, -0.05) is 6.07 Å². The largest absolute Gasteiger partial charge is 0.347 e. The zero-order valence-corrected chi connectivity index (χ0v) is 12.3. The van der Waals surface area contributed by atoms with Crippen molar-refractivity contribution in [1.29, 1.82) is 0 Å². The number of likely N-dealkylation sites (tertiary alicyclic amines) is 1. The van der Waals surface area contributed by atoms with Gasteiger partial charge in [-0.3, -0.25) is 14.5 Å². The standard InChI is InChI=1S/C15H20FN3O2/c1-18(2)15(21)13-7-4-8-19(13)10-14(20)17-12-6-3-5-11(16)9-12/h3,5-6,9,13H,4,7-8,10H2,1-2H3,(H,17,20)/t13-/m1/s1. The molecule has 5 nitrogen and oxygen atoms in total. The van der Waals surface area contributed by atoms with Crippen LogP contribution in [0.3, 0.4) is 0 Å². The van der Waals surface area contributed by atoms with Crippen LogP contribution in [0.2, 0.25) is 0 Å². The van der Waals surface area contributed by atoms with Crippen LogP contribution >= 0.6 is 0 Å². The number of amides is 2. The fraction of sp³-hybridized carbons (Fsp3) is 0.467. The van der Waals surface area contributed by atoms with Crippen LogP contribution in [0.4, 0.5) is 10.1 Å². The summed E-state index contributed by atoms with van der Waals surface area (Å²) >= 11 is 0. The van der Waals surface area contributed by atoms with Gasteiger partial charge in [0.2, 0.25) is 11.8 Å². The fourth-order valence-electron chi connectivity index (χ4n) is 2.54. The lowest BCUT2D eigenvalue weighted by Gasteiger charge is -2.25. The normalized spacial score (nSPS) is 18.5. The molecule has 21 heavy (non-hydrogen) atoms. The number of hydrogen-bond donors (Lipinski definition) is 1. The lowest BCUT2D eigenvalue weighted by Crippen LogP contribution is -2.45. The summed E-state index contributed by atoms with van der Waals surface area (Å²) < 4.78 is 13.1. The average molecular weight is 293 g/mol. The van der Waals surface area contributed by atoms with E-state index in [0.717, 1.165) is 19.4 Å². The smallest absolute Gasteiger partial charge is 0.239 e. The van der Waals surface area contributed by atoms with Gasteiger partial charge in [-0.15, -0.1) is 0 Å². The minimum atomic E-state index is -0.394. The first-order valence-corrected chi connectivity index (χ1v) is 6.98. The number of hydrogen-bond acceptors (Lipinski definition) is 3. The Morgan fingerprint density at radius 1 is 1.43 bits per heavy atom. The maximum atomic E-state index is 13.1. The van der Waals surface area contributed by atoms with Gasteiger partial charge in [-0.2, -0.15) is 0 Å². The quantitative estimate of drug-likeness (QED) is 0.911. The van der Waals surface area contributed by atoms with Crippen LogP contribution in [0.15, 0.2) is 24.3 Å². The molecule has 0 radical (unpaired) electrons. The first-order chi connectivity index (χ1) is 9.97. The third-order valence-corrected chi connectivity index (χ3v) is 3.54. The van der Waals surface area contributed by atoms with Crippen molar-refractivity contribution in [2.24, 2.45) is 0 Å². The Morgan fingerprint density at radius 2 is 2.19 bits per heavy atom. The van der Waals surface area contributed by atoms with Gasteiger partial charge in [0.25, 0.3) is 0 Å². The van der Waals surface area contributed by atoms with Crippen LogP contribution < -0.4 is 5.32 Å². The molecule has 0 bridgehead atoms. The minimum Gasteiger partial charge on any atom is -0.347 e. The summed E-state index contributed by atoms with van der Waals surface area (Å²) in [7, 11) is 3.43. The van der Waals surface area contributed by atoms with Crippen molar-refractivity contribution in [2.45, 2.75) is 18.9 Å². The number of rotatable bonds is 4. The molecule has 1 heterocycles. The highest BCUT2D eigenvalue weighted by molar-refractivity contribution is 5.93. The molecule has 114 valence electrons. The highest BCUT2D eigenvalue weighted by atomic mass is 19.1. The first-order valence-electron chi connectivity index (χ1n) is 6.98. The number of anilines is 1. The number of carbonyl (C=O) groups is 2. The molecule has 1 fully saturated rings. The molecule has 1 atom stereocenters. The van der Waals surface area contributed by atoms with Crippen LogP contribution in [0.5, 0.6) is 0 Å². The molecule has 1 aliphatic rings. The van der Waals surface area contributed by atoms with E-state index in [0.29, 0.717) is 5.69 Å². The molecule has 6 heteroatoms. The third-order valence-electron chi connectivity index (χ3n) is 3.54. The molecule has 1 aliphatic heterocycles. The van der Waals surface area contributed by atoms with E-state index in [-0.39, 0.29) is 24.4 Å². The molecule has 1 N–H and O–H groups in total. The summed E-state index contributed by atoms with van der Waals surface area (Å²) in [5.74, 6) is -0.611. The van der Waals surface area contributed by atoms with E-state index in [1.165, 1.54) is 12.1 Å². The van der Waals surface area contributed by atoms with Gasteiger partial charge in [0.15, 0.2) is 0 Å². The SMILES string of the molecule is CN(C)C(=O)[C@H]1CCCN1CC(=O)Nc1cccc(F)c1. The Balaban J connectivity index is 1.94. The lowest BCUT2D eigenvalue weighted by molar-refractivity contribution is -0.133. The summed E-state index contributed by atoms with van der Waals surface area (Å²) in [6.45, 7) is 0.863. The number of carbonyl (C=O) groups excluding carboxylic acids is 2. The molecule has 0 spiro atoms. The highest BCUT2D eigenvalue weighted by Gasteiger charge is 2.32. The van der Waals surface area contributed by atoms with E-state index >= 15 is 0 Å². The summed E-state index contributed by atoms with van der Waals surface area (Å²) in [6.07, 6.45) is 1.67. The van der Waals surface area contributed by atoms with Crippen molar-refractivity contribution in [3.8, 4) is 0 Å². The van der Waals surface area contributed by atoms with Crippen LogP contribution in [-0.4, -0.2) is 54.8 Å². The van der Waals surface area contributed by atoms with Gasteiger partial charge in [0, 0.05) is 19.8 Å². The van der Waals surface area contributed by atoms with Crippen LogP contribution in [0.1, 0.15) is 12.8 Å². The molecule has 0 unspecified atom stereocenters. The van der Waals surface area contributed by atoms with Crippen molar-refractivity contribution in [3.63, 3.8) is 0 Å². The lowest BCUT2D eigenvalue weighted by atomic mass is 10.2. The Bertz CT molecular complexity index is 533. The third kappa shape index (κ3) is 4.01. The van der Waals surface area contributed by atoms with E-state index in [1.54, 1.807) is 31.1 Å². The Labute approximate surface area is 123 Å². The summed E-state index contributed by atoms with van der Waals surface area (Å²) in [5, 5.41) is 2.65. The monoisotopic (exact) mass is 293 g/mol. The van der Waals surface area contributed by atoms with E-state index in [9.17, 15) is 14.0 Å². The number of nitrogens with one attached hydrogen (secondary N) is 1. The van der Waals surface area contributed by atoms with Gasteiger partial charge >= 0.3 is 0 Å². The molecule has 0 aliphatic carbocycles. The van der Waals surface area contributed by atoms with Crippen LogP contribution in [-0.2, 0) is 9.59 Å². The van der Waals surface area contributed by atoms with Crippen LogP contribution in [0.25, 0.3) is 0 Å². The number of nitrogens with zero attached hydrogens (tertiary/aromatic N) is 2. The van der Waals surface area contributed by atoms with E-state index in [1.807, 2.05) is 4.90 Å². The second kappa shape index (κ2) is 6.67. The van der Waals surface area contributed by atoms with E-state index < -0.39 is 5.82 Å². The van der Waals surface area contributed by atoms with Gasteiger partial charge in [0.1, 0.15) is 5.82 Å². The van der Waals surface area contributed by atoms with Gasteiger partial charge in [-0.25, -0.2) is 4.39 Å². The molecule has 1 aromatic carbocycles. The predicted octanol–water partition coefficient (Wildman–Crippen LogP) is 1.32. The van der Waals surface area contributed by atoms with E-state index in [4.69, 9.17) is 0 Å². The highest BCUT2D eigenvalue weighted by Crippen LogP contribution is 2.18. The van der Waals surface area contributed by atoms with Crippen molar-refractivity contribution in [1.82, 2.24) is 9.80 Å². The molecule has 2 rings (SSSR count). The average Bonchev–Trinajstić information content (AvgIpc) is 2.85. The van der Waals surface area contributed by atoms with Crippen LogP contribution in [0, 0.1) is 5.82 Å². The van der Waals surface area contributed by atoms with Crippen molar-refractivity contribution in [3.05, 3.63) is 30.1 Å². The maximum absolute atomic E-state index is 13.1. The second-order valence-electron chi connectivity index (χ2n) is 5.42. The molecular formula is C15H20FN3O2. The Morgan fingerprint density at radius 3 is 2.86 bits per heavy atom. The van der Waals surface area contributed by atoms with Gasteiger partial charge in [-0.05, 0) is 37.6 Å². The van der Waals surface area contributed by atoms with Crippen molar-refractivity contribution < 1.29 is 14.0 Å². The molecular weight excluding hydrogens is 273 g/mol. The molecule has 0 aromatic heterocycles. The van der Waals surface area contributed by atoms with E-state index in [2.05, 4.69) is 5.32 Å². The van der Waals surface area contributed by atoms with Crippen molar-refractivity contribution >= 4 is 17.5 Å². The molecule has 1 aromatic rings. The number of likely N-dealkylation sites (N-methyl/N-ethyl adjacent to an activating group) is 1. The Hall–Kier alpha value is -1.95. The predicted molar refractivity (Wildman–Crippen MR) is 78.3 cm³/mol. The number of benzene rings is 1. The van der Waals surface area contributed by atoms with Gasteiger partial charge in [0.05, 0.1) is 12.6 Å². The zero-order chi connectivity index (χ0) is 15.4. The summed E-state index contributed by atoms with van der Waals surface area (Å²) in [4.78, 5) is 27.5. The summed E-state index contributed by atoms with van der Waals surface area (Å²) in [5.41, 5.74) is 0.426. The fourth-order valence-corrected chi connectivity index (χ4v) is 2.54. The Kier molecular flexibility index (Phi) is 4.90. The van der Waals surface area contributed by atoms with Gasteiger partial charge < -0.3 is 10.2 Å². The number of halogens is 1. The van der Waals surface area contributed by atoms with Crippen molar-refractivity contribution in [2.75, 3.05) is 32.5 Å². The first kappa shape index (κ1) is 15.4. The molecule has 0 saturated carbocycles. The maximum Gasteiger partial charge on any atom is 0.239 e. The molecule has 1 saturated heterocycles. The minimum absolute atomic E-state index is 0.0195.